The molecule has 4 aromatic rings. The molecular formula is C29H38N4O. The van der Waals surface area contributed by atoms with Crippen LogP contribution in [0.15, 0.2) is 54.6 Å². The third-order valence-corrected chi connectivity index (χ3v) is 6.62. The van der Waals surface area contributed by atoms with Crippen LogP contribution in [0.25, 0.3) is 33.1 Å². The molecule has 0 radical (unpaired) electrons. The first-order valence-electron chi connectivity index (χ1n) is 12.7. The quantitative estimate of drug-likeness (QED) is 0.249. The molecule has 34 heavy (non-hydrogen) atoms. The molecule has 0 amide bonds. The van der Waals surface area contributed by atoms with E-state index in [2.05, 4.69) is 85.3 Å². The number of nitrogens with zero attached hydrogens (tertiary/aromatic N) is 2. The minimum absolute atomic E-state index is 0.167. The molecule has 0 spiro atoms. The van der Waals surface area contributed by atoms with Gasteiger partial charge in [0, 0.05) is 41.0 Å². The number of benzene rings is 2. The van der Waals surface area contributed by atoms with E-state index in [0.29, 0.717) is 0 Å². The highest BCUT2D eigenvalue weighted by atomic mass is 16.5. The van der Waals surface area contributed by atoms with Gasteiger partial charge in [-0.1, -0.05) is 45.4 Å². The molecular weight excluding hydrogens is 420 g/mol. The van der Waals surface area contributed by atoms with Crippen molar-refractivity contribution in [2.24, 2.45) is 5.73 Å². The Hall–Kier alpha value is -2.89. The van der Waals surface area contributed by atoms with E-state index in [1.807, 2.05) is 0 Å². The van der Waals surface area contributed by atoms with Crippen LogP contribution < -0.4 is 10.5 Å². The summed E-state index contributed by atoms with van der Waals surface area (Å²) in [6, 6.07) is 19.4. The van der Waals surface area contributed by atoms with Crippen molar-refractivity contribution < 1.29 is 4.74 Å². The molecule has 0 aliphatic rings. The molecule has 2 aromatic heterocycles. The van der Waals surface area contributed by atoms with Gasteiger partial charge in [-0.3, -0.25) is 0 Å². The number of hydrogen-bond acceptors (Lipinski definition) is 4. The number of nitrogens with one attached hydrogen (secondary N) is 1. The van der Waals surface area contributed by atoms with E-state index in [1.165, 1.54) is 16.5 Å². The van der Waals surface area contributed by atoms with Gasteiger partial charge in [-0.2, -0.15) is 0 Å². The van der Waals surface area contributed by atoms with E-state index in [-0.39, 0.29) is 6.04 Å². The molecule has 1 unspecified atom stereocenters. The summed E-state index contributed by atoms with van der Waals surface area (Å²) in [5, 5.41) is 2.35. The van der Waals surface area contributed by atoms with Gasteiger partial charge in [-0.25, -0.2) is 4.98 Å². The van der Waals surface area contributed by atoms with E-state index >= 15 is 0 Å². The average Bonchev–Trinajstić information content (AvgIpc) is 3.21. The monoisotopic (exact) mass is 458 g/mol. The van der Waals surface area contributed by atoms with Gasteiger partial charge >= 0.3 is 0 Å². The van der Waals surface area contributed by atoms with Crippen molar-refractivity contribution in [2.75, 3.05) is 26.2 Å². The fraction of sp³-hybridized carbons (Fsp3) is 0.414. The highest BCUT2D eigenvalue weighted by Crippen LogP contribution is 2.30. The van der Waals surface area contributed by atoms with Gasteiger partial charge < -0.3 is 20.4 Å². The Bertz CT molecular complexity index is 1190. The normalized spacial score (nSPS) is 12.6. The van der Waals surface area contributed by atoms with E-state index in [4.69, 9.17) is 15.5 Å². The molecule has 2 aromatic carbocycles. The summed E-state index contributed by atoms with van der Waals surface area (Å²) >= 11 is 0. The fourth-order valence-electron chi connectivity index (χ4n) is 4.61. The van der Waals surface area contributed by atoms with Gasteiger partial charge in [0.15, 0.2) is 0 Å². The summed E-state index contributed by atoms with van der Waals surface area (Å²) < 4.78 is 5.96. The van der Waals surface area contributed by atoms with Crippen molar-refractivity contribution in [1.29, 1.82) is 0 Å². The summed E-state index contributed by atoms with van der Waals surface area (Å²) in [7, 11) is 0. The molecule has 5 nitrogen and oxygen atoms in total. The third kappa shape index (κ3) is 5.78. The van der Waals surface area contributed by atoms with Gasteiger partial charge in [0.25, 0.3) is 0 Å². The average molecular weight is 459 g/mol. The van der Waals surface area contributed by atoms with Crippen LogP contribution in [-0.2, 0) is 6.42 Å². The Morgan fingerprint density at radius 2 is 1.71 bits per heavy atom. The van der Waals surface area contributed by atoms with Gasteiger partial charge in [-0.15, -0.1) is 0 Å². The molecule has 0 aliphatic carbocycles. The van der Waals surface area contributed by atoms with Crippen molar-refractivity contribution in [3.05, 3.63) is 60.3 Å². The summed E-state index contributed by atoms with van der Waals surface area (Å²) in [6.07, 6.45) is 3.98. The maximum Gasteiger partial charge on any atom is 0.138 e. The number of ether oxygens (including phenoxy) is 1. The highest BCUT2D eigenvalue weighted by molar-refractivity contribution is 6.07. The molecule has 0 aliphatic heterocycles. The Morgan fingerprint density at radius 1 is 0.941 bits per heavy atom. The number of aromatic amines is 1. The first-order valence-corrected chi connectivity index (χ1v) is 12.7. The van der Waals surface area contributed by atoms with Crippen LogP contribution >= 0.6 is 0 Å². The van der Waals surface area contributed by atoms with E-state index < -0.39 is 0 Å². The van der Waals surface area contributed by atoms with Crippen LogP contribution in [0, 0.1) is 0 Å². The first kappa shape index (κ1) is 24.2. The molecule has 0 saturated carbocycles. The van der Waals surface area contributed by atoms with Crippen LogP contribution in [0.4, 0.5) is 0 Å². The summed E-state index contributed by atoms with van der Waals surface area (Å²) in [5.41, 5.74) is 11.7. The Kier molecular flexibility index (Phi) is 8.20. The largest absolute Gasteiger partial charge is 0.494 e. The predicted octanol–water partition coefficient (Wildman–Crippen LogP) is 6.16. The molecule has 180 valence electrons. The SMILES string of the molecule is CCCC(N)Cc1ccc2c(n1)[nH]c1ccc(-c3ccc(OCCCN(CC)CC)cc3)cc12. The summed E-state index contributed by atoms with van der Waals surface area (Å²) in [5.74, 6) is 0.925. The second-order valence-electron chi connectivity index (χ2n) is 9.09. The van der Waals surface area contributed by atoms with Gasteiger partial charge in [0.1, 0.15) is 11.4 Å². The van der Waals surface area contributed by atoms with E-state index in [1.54, 1.807) is 0 Å². The molecule has 5 heteroatoms. The lowest BCUT2D eigenvalue weighted by Crippen LogP contribution is -2.25. The zero-order valence-corrected chi connectivity index (χ0v) is 20.8. The summed E-state index contributed by atoms with van der Waals surface area (Å²) in [4.78, 5) is 10.8. The van der Waals surface area contributed by atoms with Crippen LogP contribution in [0.2, 0.25) is 0 Å². The maximum absolute atomic E-state index is 6.23. The van der Waals surface area contributed by atoms with Gasteiger partial charge in [0.2, 0.25) is 0 Å². The molecule has 3 N–H and O–H groups in total. The number of hydrogen-bond donors (Lipinski definition) is 2. The highest BCUT2D eigenvalue weighted by Gasteiger charge is 2.10. The fourth-order valence-corrected chi connectivity index (χ4v) is 4.61. The molecule has 4 rings (SSSR count). The minimum atomic E-state index is 0.167. The van der Waals surface area contributed by atoms with Gasteiger partial charge in [-0.05, 0) is 73.5 Å². The number of nitrogens with two attached hydrogens (primary N) is 1. The van der Waals surface area contributed by atoms with Crippen molar-refractivity contribution in [1.82, 2.24) is 14.9 Å². The van der Waals surface area contributed by atoms with Gasteiger partial charge in [0.05, 0.1) is 6.61 Å². The van der Waals surface area contributed by atoms with Crippen molar-refractivity contribution in [2.45, 2.75) is 52.5 Å². The van der Waals surface area contributed by atoms with Crippen LogP contribution in [0.5, 0.6) is 5.75 Å². The third-order valence-electron chi connectivity index (χ3n) is 6.62. The predicted molar refractivity (Wildman–Crippen MR) is 144 cm³/mol. The van der Waals surface area contributed by atoms with E-state index in [9.17, 15) is 0 Å². The zero-order valence-electron chi connectivity index (χ0n) is 20.8. The van der Waals surface area contributed by atoms with E-state index in [0.717, 1.165) is 79.9 Å². The maximum atomic E-state index is 6.23. The Morgan fingerprint density at radius 3 is 2.44 bits per heavy atom. The number of H-pyrrole nitrogens is 1. The number of rotatable bonds is 12. The first-order chi connectivity index (χ1) is 16.6. The molecule has 0 bridgehead atoms. The van der Waals surface area contributed by atoms with Crippen molar-refractivity contribution >= 4 is 21.9 Å². The standard InChI is InChI=1S/C29H38N4O/c1-4-8-23(30)20-24-12-15-26-27-19-22(11-16-28(27)32-29(26)31-24)21-9-13-25(14-10-21)34-18-7-17-33(5-2)6-3/h9-16,19,23H,4-8,17-18,20,30H2,1-3H3,(H,31,32). The lowest BCUT2D eigenvalue weighted by atomic mass is 10.0. The molecule has 0 saturated heterocycles. The number of aromatic nitrogens is 2. The second-order valence-corrected chi connectivity index (χ2v) is 9.09. The number of fused-ring (bicyclic) bond motifs is 3. The molecule has 1 atom stereocenters. The van der Waals surface area contributed by atoms with Crippen LogP contribution in [0.3, 0.4) is 0 Å². The minimum Gasteiger partial charge on any atom is -0.494 e. The summed E-state index contributed by atoms with van der Waals surface area (Å²) in [6.45, 7) is 10.6. The molecule has 0 fully saturated rings. The smallest absolute Gasteiger partial charge is 0.138 e. The van der Waals surface area contributed by atoms with Crippen molar-refractivity contribution in [3.8, 4) is 16.9 Å². The van der Waals surface area contributed by atoms with Crippen molar-refractivity contribution in [3.63, 3.8) is 0 Å². The Balaban J connectivity index is 1.46. The molecule has 2 heterocycles. The topological polar surface area (TPSA) is 67.2 Å². The Labute approximate surface area is 203 Å². The van der Waals surface area contributed by atoms with Crippen LogP contribution in [-0.4, -0.2) is 47.2 Å². The zero-order chi connectivity index (χ0) is 23.9. The second kappa shape index (κ2) is 11.5. The lowest BCUT2D eigenvalue weighted by molar-refractivity contribution is 0.249. The van der Waals surface area contributed by atoms with Crippen LogP contribution in [0.1, 0.15) is 45.7 Å². The lowest BCUT2D eigenvalue weighted by Gasteiger charge is -2.17. The number of pyridine rings is 1.